The van der Waals surface area contributed by atoms with E-state index in [-0.39, 0.29) is 0 Å². The molecule has 1 saturated carbocycles. The second-order valence-electron chi connectivity index (χ2n) is 6.45. The topological polar surface area (TPSA) is 17.0 Å². The summed E-state index contributed by atoms with van der Waals surface area (Å²) in [6.07, 6.45) is 9.24. The highest BCUT2D eigenvalue weighted by Crippen LogP contribution is 2.40. The molecule has 1 aliphatic carbocycles. The zero-order valence-corrected chi connectivity index (χ0v) is 12.8. The first kappa shape index (κ1) is 13.7. The van der Waals surface area contributed by atoms with Crippen molar-refractivity contribution in [1.29, 1.82) is 0 Å². The summed E-state index contributed by atoms with van der Waals surface area (Å²) in [5.74, 6) is 0. The average Bonchev–Trinajstić information content (AvgIpc) is 3.06. The molecule has 1 aromatic carbocycles. The van der Waals surface area contributed by atoms with Crippen molar-refractivity contribution in [2.24, 2.45) is 12.5 Å². The fourth-order valence-corrected chi connectivity index (χ4v) is 3.81. The molecule has 0 aliphatic heterocycles. The van der Waals surface area contributed by atoms with Gasteiger partial charge in [-0.15, -0.1) is 0 Å². The summed E-state index contributed by atoms with van der Waals surface area (Å²) in [5.41, 5.74) is 3.33. The Morgan fingerprint density at radius 1 is 1.20 bits per heavy atom. The third-order valence-corrected chi connectivity index (χ3v) is 5.21. The largest absolute Gasteiger partial charge is 0.350 e. The Morgan fingerprint density at radius 2 is 1.95 bits per heavy atom. The lowest BCUT2D eigenvalue weighted by atomic mass is 9.83. The third kappa shape index (κ3) is 2.49. The molecule has 0 atom stereocenters. The number of aryl methyl sites for hydroxylation is 1. The fourth-order valence-electron chi connectivity index (χ4n) is 3.81. The predicted molar refractivity (Wildman–Crippen MR) is 85.8 cm³/mol. The fraction of sp³-hybridized carbons (Fsp3) is 0.556. The normalized spacial score (nSPS) is 17.9. The molecule has 0 saturated heterocycles. The Labute approximate surface area is 122 Å². The quantitative estimate of drug-likeness (QED) is 0.860. The molecule has 2 aromatic rings. The van der Waals surface area contributed by atoms with Gasteiger partial charge in [-0.05, 0) is 36.3 Å². The summed E-state index contributed by atoms with van der Waals surface area (Å²) < 4.78 is 2.23. The summed E-state index contributed by atoms with van der Waals surface area (Å²) in [4.78, 5) is 0. The average molecular weight is 270 g/mol. The van der Waals surface area contributed by atoms with Crippen LogP contribution >= 0.6 is 0 Å². The van der Waals surface area contributed by atoms with Crippen LogP contribution in [0.15, 0.2) is 30.5 Å². The number of nitrogens with one attached hydrogen (secondary N) is 1. The zero-order valence-electron chi connectivity index (χ0n) is 12.8. The van der Waals surface area contributed by atoms with Crippen LogP contribution in [0.5, 0.6) is 0 Å². The first-order valence-electron chi connectivity index (χ1n) is 7.98. The number of aromatic nitrogens is 1. The molecule has 0 radical (unpaired) electrons. The number of benzene rings is 1. The van der Waals surface area contributed by atoms with Gasteiger partial charge in [-0.2, -0.15) is 0 Å². The maximum atomic E-state index is 3.73. The van der Waals surface area contributed by atoms with E-state index in [0.717, 1.165) is 6.54 Å². The van der Waals surface area contributed by atoms with Crippen LogP contribution in [0.4, 0.5) is 0 Å². The summed E-state index contributed by atoms with van der Waals surface area (Å²) in [5, 5.41) is 5.12. The van der Waals surface area contributed by atoms with E-state index in [2.05, 4.69) is 54.3 Å². The highest BCUT2D eigenvalue weighted by Gasteiger charge is 2.31. The van der Waals surface area contributed by atoms with Crippen molar-refractivity contribution < 1.29 is 0 Å². The lowest BCUT2D eigenvalue weighted by molar-refractivity contribution is 0.268. The Bertz CT molecular complexity index is 576. The van der Waals surface area contributed by atoms with Crippen molar-refractivity contribution in [1.82, 2.24) is 9.88 Å². The molecule has 1 aromatic heterocycles. The van der Waals surface area contributed by atoms with Gasteiger partial charge in [0.2, 0.25) is 0 Å². The van der Waals surface area contributed by atoms with Crippen LogP contribution in [-0.2, 0) is 13.6 Å². The third-order valence-electron chi connectivity index (χ3n) is 5.21. The van der Waals surface area contributed by atoms with E-state index in [1.807, 2.05) is 0 Å². The van der Waals surface area contributed by atoms with Crippen molar-refractivity contribution in [2.45, 2.75) is 45.6 Å². The summed E-state index contributed by atoms with van der Waals surface area (Å²) in [7, 11) is 2.14. The van der Waals surface area contributed by atoms with Crippen molar-refractivity contribution in [3.8, 4) is 0 Å². The van der Waals surface area contributed by atoms with Crippen LogP contribution in [0.1, 0.15) is 44.6 Å². The van der Waals surface area contributed by atoms with E-state index in [1.54, 1.807) is 0 Å². The molecular weight excluding hydrogens is 244 g/mol. The minimum atomic E-state index is 0.574. The Kier molecular flexibility index (Phi) is 3.84. The van der Waals surface area contributed by atoms with Gasteiger partial charge in [-0.3, -0.25) is 0 Å². The van der Waals surface area contributed by atoms with Gasteiger partial charge < -0.3 is 9.88 Å². The van der Waals surface area contributed by atoms with Crippen molar-refractivity contribution >= 4 is 10.9 Å². The number of hydrogen-bond donors (Lipinski definition) is 1. The maximum absolute atomic E-state index is 3.73. The van der Waals surface area contributed by atoms with E-state index in [9.17, 15) is 0 Å². The second-order valence-corrected chi connectivity index (χ2v) is 6.45. The number of nitrogens with zero attached hydrogens (tertiary/aromatic N) is 1. The van der Waals surface area contributed by atoms with Crippen LogP contribution in [0.25, 0.3) is 10.9 Å². The number of fused-ring (bicyclic) bond motifs is 1. The van der Waals surface area contributed by atoms with Gasteiger partial charge in [0, 0.05) is 37.2 Å². The number of rotatable bonds is 5. The molecule has 20 heavy (non-hydrogen) atoms. The summed E-state index contributed by atoms with van der Waals surface area (Å²) in [6.45, 7) is 4.51. The van der Waals surface area contributed by atoms with Gasteiger partial charge in [0.05, 0.1) is 0 Å². The van der Waals surface area contributed by atoms with Crippen molar-refractivity contribution in [3.05, 3.63) is 36.0 Å². The van der Waals surface area contributed by atoms with E-state index in [0.29, 0.717) is 5.41 Å². The van der Waals surface area contributed by atoms with Crippen LogP contribution in [-0.4, -0.2) is 11.1 Å². The summed E-state index contributed by atoms with van der Waals surface area (Å²) >= 11 is 0. The molecule has 1 fully saturated rings. The van der Waals surface area contributed by atoms with Crippen LogP contribution in [0.3, 0.4) is 0 Å². The van der Waals surface area contributed by atoms with E-state index >= 15 is 0 Å². The summed E-state index contributed by atoms with van der Waals surface area (Å²) in [6, 6.07) is 8.68. The lowest BCUT2D eigenvalue weighted by Gasteiger charge is -2.27. The molecule has 1 N–H and O–H groups in total. The first-order chi connectivity index (χ1) is 9.74. The standard InChI is InChI=1S/C18H26N2/c1-3-18(10-6-7-11-18)14-19-12-15-13-20(2)17-9-5-4-8-16(15)17/h4-5,8-9,13,19H,3,6-7,10-12,14H2,1-2H3. The van der Waals surface area contributed by atoms with Crippen molar-refractivity contribution in [3.63, 3.8) is 0 Å². The molecule has 3 rings (SSSR count). The number of hydrogen-bond acceptors (Lipinski definition) is 1. The monoisotopic (exact) mass is 270 g/mol. The van der Waals surface area contributed by atoms with Crippen LogP contribution in [0, 0.1) is 5.41 Å². The zero-order chi connectivity index (χ0) is 14.0. The Balaban J connectivity index is 1.68. The predicted octanol–water partition coefficient (Wildman–Crippen LogP) is 4.24. The van der Waals surface area contributed by atoms with E-state index in [1.165, 1.54) is 55.1 Å². The van der Waals surface area contributed by atoms with Gasteiger partial charge >= 0.3 is 0 Å². The van der Waals surface area contributed by atoms with Gasteiger partial charge in [0.25, 0.3) is 0 Å². The highest BCUT2D eigenvalue weighted by molar-refractivity contribution is 5.83. The van der Waals surface area contributed by atoms with Crippen molar-refractivity contribution in [2.75, 3.05) is 6.54 Å². The van der Waals surface area contributed by atoms with Gasteiger partial charge in [0.15, 0.2) is 0 Å². The van der Waals surface area contributed by atoms with E-state index < -0.39 is 0 Å². The second kappa shape index (κ2) is 5.61. The first-order valence-corrected chi connectivity index (χ1v) is 7.98. The van der Waals surface area contributed by atoms with Gasteiger partial charge in [0.1, 0.15) is 0 Å². The Morgan fingerprint density at radius 3 is 2.70 bits per heavy atom. The molecule has 2 nitrogen and oxygen atoms in total. The minimum Gasteiger partial charge on any atom is -0.350 e. The molecule has 108 valence electrons. The van der Waals surface area contributed by atoms with E-state index in [4.69, 9.17) is 0 Å². The number of para-hydroxylation sites is 1. The minimum absolute atomic E-state index is 0.574. The molecule has 1 heterocycles. The van der Waals surface area contributed by atoms with Gasteiger partial charge in [-0.1, -0.05) is 38.0 Å². The molecule has 0 unspecified atom stereocenters. The molecule has 0 spiro atoms. The SMILES string of the molecule is CCC1(CNCc2cn(C)c3ccccc23)CCCC1. The lowest BCUT2D eigenvalue weighted by Crippen LogP contribution is -2.31. The molecule has 1 aliphatic rings. The molecule has 0 amide bonds. The maximum Gasteiger partial charge on any atom is 0.0481 e. The smallest absolute Gasteiger partial charge is 0.0481 e. The molecule has 2 heteroatoms. The molecule has 0 bridgehead atoms. The van der Waals surface area contributed by atoms with Crippen LogP contribution in [0.2, 0.25) is 0 Å². The Hall–Kier alpha value is -1.28. The van der Waals surface area contributed by atoms with Gasteiger partial charge in [-0.25, -0.2) is 0 Å². The highest BCUT2D eigenvalue weighted by atomic mass is 14.9. The molecular formula is C18H26N2. The van der Waals surface area contributed by atoms with Crippen LogP contribution < -0.4 is 5.32 Å².